The first kappa shape index (κ1) is 15.1. The number of hydrogen-bond acceptors (Lipinski definition) is 3. The highest BCUT2D eigenvalue weighted by molar-refractivity contribution is 14.1. The average Bonchev–Trinajstić information content (AvgIpc) is 2.63. The van der Waals surface area contributed by atoms with Gasteiger partial charge in [-0.2, -0.15) is 0 Å². The van der Waals surface area contributed by atoms with Crippen LogP contribution < -0.4 is 4.74 Å². The largest absolute Gasteiger partial charge is 0.437 e. The summed E-state index contributed by atoms with van der Waals surface area (Å²) in [5.74, 6) is 1.28. The smallest absolute Gasteiger partial charge is 0.246 e. The molecule has 0 saturated heterocycles. The van der Waals surface area contributed by atoms with Gasteiger partial charge in [-0.3, -0.25) is 0 Å². The van der Waals surface area contributed by atoms with Gasteiger partial charge in [0.25, 0.3) is 0 Å². The maximum atomic E-state index is 5.98. The second kappa shape index (κ2) is 6.57. The minimum absolute atomic E-state index is 0.521. The molecule has 3 aromatic carbocycles. The van der Waals surface area contributed by atoms with Crippen molar-refractivity contribution in [1.82, 2.24) is 10.2 Å². The van der Waals surface area contributed by atoms with Gasteiger partial charge in [-0.1, -0.05) is 54.6 Å². The summed E-state index contributed by atoms with van der Waals surface area (Å²) in [6, 6.07) is 26.0. The molecule has 24 heavy (non-hydrogen) atoms. The number of fused-ring (bicyclic) bond motifs is 1. The van der Waals surface area contributed by atoms with Crippen molar-refractivity contribution in [2.45, 2.75) is 0 Å². The Morgan fingerprint density at radius 1 is 0.708 bits per heavy atom. The van der Waals surface area contributed by atoms with Crippen LogP contribution in [-0.4, -0.2) is 10.2 Å². The molecular weight excluding hydrogens is 411 g/mol. The van der Waals surface area contributed by atoms with Crippen molar-refractivity contribution in [3.05, 3.63) is 82.4 Å². The van der Waals surface area contributed by atoms with Crippen molar-refractivity contribution in [2.24, 2.45) is 0 Å². The Bertz CT molecular complexity index is 1000. The van der Waals surface area contributed by atoms with Crippen LogP contribution in [0.4, 0.5) is 0 Å². The van der Waals surface area contributed by atoms with Gasteiger partial charge in [-0.15, -0.1) is 10.2 Å². The van der Waals surface area contributed by atoms with E-state index in [1.807, 2.05) is 78.9 Å². The van der Waals surface area contributed by atoms with Crippen LogP contribution in [0.15, 0.2) is 78.9 Å². The Morgan fingerprint density at radius 2 is 1.46 bits per heavy atom. The fraction of sp³-hybridized carbons (Fsp3) is 0. The standard InChI is InChI=1S/C20H13IN2O/c21-15-9-6-10-16(13-15)24-20-18-12-5-4-11-17(18)19(22-23-20)14-7-2-1-3-8-14/h1-13H. The van der Waals surface area contributed by atoms with Gasteiger partial charge in [0, 0.05) is 19.9 Å². The van der Waals surface area contributed by atoms with E-state index in [0.29, 0.717) is 5.88 Å². The van der Waals surface area contributed by atoms with Gasteiger partial charge in [0.05, 0.1) is 0 Å². The van der Waals surface area contributed by atoms with Crippen molar-refractivity contribution in [2.75, 3.05) is 0 Å². The van der Waals surface area contributed by atoms with Gasteiger partial charge in [0.2, 0.25) is 5.88 Å². The van der Waals surface area contributed by atoms with Gasteiger partial charge in [0.15, 0.2) is 0 Å². The molecule has 3 nitrogen and oxygen atoms in total. The molecule has 0 spiro atoms. The van der Waals surface area contributed by atoms with E-state index in [1.165, 1.54) is 0 Å². The Morgan fingerprint density at radius 3 is 2.25 bits per heavy atom. The molecule has 0 aliphatic rings. The minimum Gasteiger partial charge on any atom is -0.437 e. The number of benzene rings is 3. The predicted molar refractivity (Wildman–Crippen MR) is 104 cm³/mol. The highest BCUT2D eigenvalue weighted by Crippen LogP contribution is 2.33. The summed E-state index contributed by atoms with van der Waals surface area (Å²) < 4.78 is 7.10. The molecule has 0 radical (unpaired) electrons. The van der Waals surface area contributed by atoms with Gasteiger partial charge in [-0.05, 0) is 46.9 Å². The fourth-order valence-electron chi connectivity index (χ4n) is 2.61. The fourth-order valence-corrected chi connectivity index (χ4v) is 3.12. The molecule has 0 aliphatic heterocycles. The molecule has 0 bridgehead atoms. The summed E-state index contributed by atoms with van der Waals surface area (Å²) in [6.45, 7) is 0. The third kappa shape index (κ3) is 2.97. The van der Waals surface area contributed by atoms with E-state index in [0.717, 1.165) is 31.3 Å². The molecule has 0 unspecified atom stereocenters. The molecule has 0 aliphatic carbocycles. The molecule has 116 valence electrons. The highest BCUT2D eigenvalue weighted by atomic mass is 127. The predicted octanol–water partition coefficient (Wildman–Crippen LogP) is 5.69. The summed E-state index contributed by atoms with van der Waals surface area (Å²) in [6.07, 6.45) is 0. The number of rotatable bonds is 3. The lowest BCUT2D eigenvalue weighted by molar-refractivity contribution is 0.462. The van der Waals surface area contributed by atoms with Crippen molar-refractivity contribution >= 4 is 33.4 Å². The van der Waals surface area contributed by atoms with E-state index < -0.39 is 0 Å². The zero-order chi connectivity index (χ0) is 16.4. The number of nitrogens with zero attached hydrogens (tertiary/aromatic N) is 2. The van der Waals surface area contributed by atoms with Crippen LogP contribution in [0, 0.1) is 3.57 Å². The summed E-state index contributed by atoms with van der Waals surface area (Å²) >= 11 is 2.26. The minimum atomic E-state index is 0.521. The average molecular weight is 424 g/mol. The first-order valence-corrected chi connectivity index (χ1v) is 8.63. The number of halogens is 1. The van der Waals surface area contributed by atoms with Gasteiger partial charge in [-0.25, -0.2) is 0 Å². The zero-order valence-electron chi connectivity index (χ0n) is 12.7. The lowest BCUT2D eigenvalue weighted by atomic mass is 10.1. The molecule has 4 rings (SSSR count). The number of aromatic nitrogens is 2. The lowest BCUT2D eigenvalue weighted by Crippen LogP contribution is -1.95. The van der Waals surface area contributed by atoms with Crippen molar-refractivity contribution < 1.29 is 4.74 Å². The molecule has 4 aromatic rings. The molecule has 1 heterocycles. The maximum Gasteiger partial charge on any atom is 0.246 e. The van der Waals surface area contributed by atoms with Crippen LogP contribution in [0.5, 0.6) is 11.6 Å². The Labute approximate surface area is 153 Å². The van der Waals surface area contributed by atoms with Gasteiger partial charge >= 0.3 is 0 Å². The normalized spacial score (nSPS) is 10.7. The van der Waals surface area contributed by atoms with E-state index in [1.54, 1.807) is 0 Å². The number of hydrogen-bond donors (Lipinski definition) is 0. The van der Waals surface area contributed by atoms with Crippen molar-refractivity contribution in [1.29, 1.82) is 0 Å². The summed E-state index contributed by atoms with van der Waals surface area (Å²) in [5, 5.41) is 10.7. The zero-order valence-corrected chi connectivity index (χ0v) is 14.8. The van der Waals surface area contributed by atoms with Crippen molar-refractivity contribution in [3.8, 4) is 22.9 Å². The Hall–Kier alpha value is -2.47. The Balaban J connectivity index is 1.84. The Kier molecular flexibility index (Phi) is 4.13. The van der Waals surface area contributed by atoms with Crippen molar-refractivity contribution in [3.63, 3.8) is 0 Å². The van der Waals surface area contributed by atoms with Crippen LogP contribution in [0.1, 0.15) is 0 Å². The van der Waals surface area contributed by atoms with Gasteiger partial charge in [0.1, 0.15) is 11.4 Å². The highest BCUT2D eigenvalue weighted by Gasteiger charge is 2.12. The first-order valence-electron chi connectivity index (χ1n) is 7.55. The summed E-state index contributed by atoms with van der Waals surface area (Å²) in [5.41, 5.74) is 1.91. The quantitative estimate of drug-likeness (QED) is 0.396. The maximum absolute atomic E-state index is 5.98. The molecule has 0 atom stereocenters. The SMILES string of the molecule is Ic1cccc(Oc2nnc(-c3ccccc3)c3ccccc23)c1. The number of ether oxygens (including phenoxy) is 1. The second-order valence-corrected chi connectivity index (χ2v) is 6.57. The van der Waals surface area contributed by atoms with Crippen LogP contribution in [-0.2, 0) is 0 Å². The monoisotopic (exact) mass is 424 g/mol. The summed E-state index contributed by atoms with van der Waals surface area (Å²) in [4.78, 5) is 0. The second-order valence-electron chi connectivity index (χ2n) is 5.32. The van der Waals surface area contributed by atoms with Crippen LogP contribution in [0.2, 0.25) is 0 Å². The van der Waals surface area contributed by atoms with E-state index in [-0.39, 0.29) is 0 Å². The first-order chi connectivity index (χ1) is 11.8. The summed E-state index contributed by atoms with van der Waals surface area (Å²) in [7, 11) is 0. The molecule has 0 N–H and O–H groups in total. The van der Waals surface area contributed by atoms with E-state index in [2.05, 4.69) is 32.8 Å². The van der Waals surface area contributed by atoms with E-state index >= 15 is 0 Å². The molecule has 4 heteroatoms. The van der Waals surface area contributed by atoms with Crippen LogP contribution in [0.25, 0.3) is 22.0 Å². The molecule has 0 saturated carbocycles. The third-order valence-electron chi connectivity index (χ3n) is 3.71. The molecule has 1 aromatic heterocycles. The van der Waals surface area contributed by atoms with E-state index in [9.17, 15) is 0 Å². The van der Waals surface area contributed by atoms with Gasteiger partial charge < -0.3 is 4.74 Å². The third-order valence-corrected chi connectivity index (χ3v) is 4.38. The van der Waals surface area contributed by atoms with Crippen LogP contribution in [0.3, 0.4) is 0 Å². The lowest BCUT2D eigenvalue weighted by Gasteiger charge is -2.10. The molecular formula is C20H13IN2O. The topological polar surface area (TPSA) is 35.0 Å². The van der Waals surface area contributed by atoms with E-state index in [4.69, 9.17) is 4.74 Å². The van der Waals surface area contributed by atoms with Crippen LogP contribution >= 0.6 is 22.6 Å². The molecule has 0 amide bonds. The molecule has 0 fully saturated rings.